The van der Waals surface area contributed by atoms with Crippen molar-refractivity contribution in [3.05, 3.63) is 33.4 Å². The van der Waals surface area contributed by atoms with Crippen LogP contribution in [0.5, 0.6) is 0 Å². The van der Waals surface area contributed by atoms with E-state index in [9.17, 15) is 4.79 Å². The quantitative estimate of drug-likeness (QED) is 0.537. The number of halogens is 2. The van der Waals surface area contributed by atoms with E-state index < -0.39 is 0 Å². The number of amides is 1. The number of benzene rings is 1. The molecule has 0 aliphatic rings. The molecule has 0 heterocycles. The molecule has 1 rings (SSSR count). The van der Waals surface area contributed by atoms with Crippen LogP contribution in [-0.2, 0) is 0 Å². The summed E-state index contributed by atoms with van der Waals surface area (Å²) in [5.74, 6) is 0.564. The molecule has 0 unspecified atom stereocenters. The van der Waals surface area contributed by atoms with Crippen LogP contribution in [0.3, 0.4) is 0 Å². The zero-order valence-electron chi connectivity index (χ0n) is 10.8. The van der Waals surface area contributed by atoms with Gasteiger partial charge in [0.2, 0.25) is 0 Å². The topological polar surface area (TPSA) is 20.3 Å². The average Bonchev–Trinajstić information content (AvgIpc) is 2.38. The number of carbonyl (C=O) groups excluding carboxylic acids is 1. The fourth-order valence-corrected chi connectivity index (χ4v) is 2.78. The summed E-state index contributed by atoms with van der Waals surface area (Å²) in [4.78, 5) is 14.4. The highest BCUT2D eigenvalue weighted by Gasteiger charge is 2.21. The van der Waals surface area contributed by atoms with Crippen LogP contribution in [0.15, 0.2) is 24.3 Å². The van der Waals surface area contributed by atoms with Crippen molar-refractivity contribution in [2.45, 2.75) is 32.7 Å². The predicted octanol–water partition coefficient (Wildman–Crippen LogP) is 4.16. The van der Waals surface area contributed by atoms with Gasteiger partial charge in [-0.25, -0.2) is 0 Å². The van der Waals surface area contributed by atoms with E-state index in [1.807, 2.05) is 29.2 Å². The Labute approximate surface area is 128 Å². The smallest absolute Gasteiger partial charge is 0.254 e. The first-order valence-electron chi connectivity index (χ1n) is 6.26. The lowest BCUT2D eigenvalue weighted by molar-refractivity contribution is 0.0681. The van der Waals surface area contributed by atoms with Crippen LogP contribution in [0.2, 0.25) is 0 Å². The fourth-order valence-electron chi connectivity index (χ4n) is 2.06. The Morgan fingerprint density at radius 2 is 2.06 bits per heavy atom. The molecule has 0 aliphatic heterocycles. The second-order valence-corrected chi connectivity index (χ2v) is 5.79. The Kier molecular flexibility index (Phi) is 7.00. The van der Waals surface area contributed by atoms with Crippen molar-refractivity contribution in [1.29, 1.82) is 0 Å². The Morgan fingerprint density at radius 1 is 1.39 bits per heavy atom. The molecule has 1 amide bonds. The van der Waals surface area contributed by atoms with Crippen molar-refractivity contribution in [3.8, 4) is 0 Å². The molecule has 0 aromatic heterocycles. The summed E-state index contributed by atoms with van der Waals surface area (Å²) in [6, 6.07) is 7.97. The van der Waals surface area contributed by atoms with Gasteiger partial charge in [-0.1, -0.05) is 19.9 Å². The van der Waals surface area contributed by atoms with Crippen LogP contribution in [0.25, 0.3) is 0 Å². The van der Waals surface area contributed by atoms with E-state index >= 15 is 0 Å². The molecule has 1 aromatic rings. The number of rotatable bonds is 6. The van der Waals surface area contributed by atoms with Gasteiger partial charge in [0.25, 0.3) is 5.91 Å². The second kappa shape index (κ2) is 8.00. The molecule has 100 valence electrons. The van der Waals surface area contributed by atoms with Crippen LogP contribution in [-0.4, -0.2) is 29.3 Å². The van der Waals surface area contributed by atoms with Crippen LogP contribution in [0.4, 0.5) is 0 Å². The van der Waals surface area contributed by atoms with E-state index in [-0.39, 0.29) is 11.9 Å². The van der Waals surface area contributed by atoms with Crippen molar-refractivity contribution in [2.75, 3.05) is 12.4 Å². The molecule has 0 saturated carbocycles. The van der Waals surface area contributed by atoms with E-state index in [2.05, 4.69) is 36.4 Å². The van der Waals surface area contributed by atoms with Crippen LogP contribution in [0.1, 0.15) is 37.0 Å². The highest BCUT2D eigenvalue weighted by Crippen LogP contribution is 2.15. The van der Waals surface area contributed by atoms with Gasteiger partial charge < -0.3 is 4.90 Å². The molecule has 4 heteroatoms. The summed E-state index contributed by atoms with van der Waals surface area (Å²) < 4.78 is 1.08. The van der Waals surface area contributed by atoms with Gasteiger partial charge in [-0.3, -0.25) is 4.79 Å². The zero-order chi connectivity index (χ0) is 13.5. The molecule has 0 N–H and O–H groups in total. The summed E-state index contributed by atoms with van der Waals surface area (Å²) in [6.07, 6.45) is 1.92. The highest BCUT2D eigenvalue weighted by molar-refractivity contribution is 14.1. The van der Waals surface area contributed by atoms with E-state index in [1.54, 1.807) is 0 Å². The standard InChI is InChI=1S/C14H19ClINO/c1-3-13(4-2)17(9-8-15)14(18)11-6-5-7-12(16)10-11/h5-7,10,13H,3-4,8-9H2,1-2H3. The van der Waals surface area contributed by atoms with Gasteiger partial charge in [-0.15, -0.1) is 11.6 Å². The van der Waals surface area contributed by atoms with Crippen LogP contribution >= 0.6 is 34.2 Å². The minimum absolute atomic E-state index is 0.0860. The molecule has 0 radical (unpaired) electrons. The third-order valence-corrected chi connectivity index (χ3v) is 3.88. The lowest BCUT2D eigenvalue weighted by atomic mass is 10.1. The number of hydrogen-bond donors (Lipinski definition) is 0. The number of nitrogens with zero attached hydrogens (tertiary/aromatic N) is 1. The molecule has 2 nitrogen and oxygen atoms in total. The molecular weight excluding hydrogens is 361 g/mol. The molecule has 1 aromatic carbocycles. The Morgan fingerprint density at radius 3 is 2.56 bits per heavy atom. The molecule has 0 fully saturated rings. The lowest BCUT2D eigenvalue weighted by Gasteiger charge is -2.30. The van der Waals surface area contributed by atoms with Gasteiger partial charge in [-0.2, -0.15) is 0 Å². The number of alkyl halides is 1. The minimum atomic E-state index is 0.0860. The maximum absolute atomic E-state index is 12.5. The summed E-state index contributed by atoms with van der Waals surface area (Å²) in [5, 5.41) is 0. The number of hydrogen-bond acceptors (Lipinski definition) is 1. The Bertz CT molecular complexity index is 393. The minimum Gasteiger partial charge on any atom is -0.334 e. The summed E-state index contributed by atoms with van der Waals surface area (Å²) in [7, 11) is 0. The van der Waals surface area contributed by atoms with Gasteiger partial charge in [0.05, 0.1) is 0 Å². The average molecular weight is 380 g/mol. The summed E-state index contributed by atoms with van der Waals surface area (Å²) in [5.41, 5.74) is 0.749. The molecule has 18 heavy (non-hydrogen) atoms. The molecular formula is C14H19ClINO. The van der Waals surface area contributed by atoms with Crippen molar-refractivity contribution in [2.24, 2.45) is 0 Å². The summed E-state index contributed by atoms with van der Waals surface area (Å²) in [6.45, 7) is 4.83. The van der Waals surface area contributed by atoms with Crippen molar-refractivity contribution >= 4 is 40.1 Å². The fraction of sp³-hybridized carbons (Fsp3) is 0.500. The van der Waals surface area contributed by atoms with Gasteiger partial charge in [0.1, 0.15) is 0 Å². The van der Waals surface area contributed by atoms with Crippen LogP contribution < -0.4 is 0 Å². The summed E-state index contributed by atoms with van der Waals surface area (Å²) >= 11 is 8.04. The molecule has 0 aliphatic carbocycles. The SMILES string of the molecule is CCC(CC)N(CCCl)C(=O)c1cccc(I)c1. The largest absolute Gasteiger partial charge is 0.334 e. The molecule has 0 atom stereocenters. The van der Waals surface area contributed by atoms with E-state index in [0.29, 0.717) is 12.4 Å². The Balaban J connectivity index is 2.95. The first-order chi connectivity index (χ1) is 8.63. The van der Waals surface area contributed by atoms with Gasteiger partial charge in [0, 0.05) is 27.6 Å². The van der Waals surface area contributed by atoms with Crippen molar-refractivity contribution < 1.29 is 4.79 Å². The highest BCUT2D eigenvalue weighted by atomic mass is 127. The monoisotopic (exact) mass is 379 g/mol. The van der Waals surface area contributed by atoms with E-state index in [0.717, 1.165) is 22.0 Å². The predicted molar refractivity (Wildman–Crippen MR) is 85.3 cm³/mol. The lowest BCUT2D eigenvalue weighted by Crippen LogP contribution is -2.41. The van der Waals surface area contributed by atoms with E-state index in [4.69, 9.17) is 11.6 Å². The van der Waals surface area contributed by atoms with Crippen molar-refractivity contribution in [3.63, 3.8) is 0 Å². The van der Waals surface area contributed by atoms with Gasteiger partial charge in [-0.05, 0) is 53.6 Å². The van der Waals surface area contributed by atoms with Crippen LogP contribution in [0, 0.1) is 3.57 Å². The molecule has 0 spiro atoms. The maximum atomic E-state index is 12.5. The molecule has 0 saturated heterocycles. The normalized spacial score (nSPS) is 10.7. The number of carbonyl (C=O) groups is 1. The first-order valence-corrected chi connectivity index (χ1v) is 7.87. The molecule has 0 bridgehead atoms. The third-order valence-electron chi connectivity index (χ3n) is 3.04. The first kappa shape index (κ1) is 15.8. The van der Waals surface area contributed by atoms with Gasteiger partial charge in [0.15, 0.2) is 0 Å². The Hall–Kier alpha value is -0.290. The van der Waals surface area contributed by atoms with Crippen molar-refractivity contribution in [1.82, 2.24) is 4.90 Å². The van der Waals surface area contributed by atoms with E-state index in [1.165, 1.54) is 0 Å². The van der Waals surface area contributed by atoms with Gasteiger partial charge >= 0.3 is 0 Å². The third kappa shape index (κ3) is 4.12. The zero-order valence-corrected chi connectivity index (χ0v) is 13.7. The second-order valence-electron chi connectivity index (χ2n) is 4.17. The maximum Gasteiger partial charge on any atom is 0.254 e.